The first-order valence-electron chi connectivity index (χ1n) is 11.3. The maximum Gasteiger partial charge on any atom is 1.00 e. The molecule has 0 aliphatic rings. The summed E-state index contributed by atoms with van der Waals surface area (Å²) < 4.78 is 28.5. The number of aliphatic carboxylic acids is 3. The van der Waals surface area contributed by atoms with Gasteiger partial charge in [0.2, 0.25) is 0 Å². The molecule has 0 bridgehead atoms. The third-order valence-electron chi connectivity index (χ3n) is 4.70. The molecule has 10 nitrogen and oxygen atoms in total. The van der Waals surface area contributed by atoms with Crippen LogP contribution >= 0.6 is 0 Å². The monoisotopic (exact) mass is 540 g/mol. The fourth-order valence-electron chi connectivity index (χ4n) is 2.83. The van der Waals surface area contributed by atoms with Crippen LogP contribution in [0.1, 0.15) is 96.8 Å². The van der Waals surface area contributed by atoms with Crippen molar-refractivity contribution in [1.29, 1.82) is 0 Å². The van der Waals surface area contributed by atoms with Gasteiger partial charge in [0.05, 0.1) is 12.1 Å². The van der Waals surface area contributed by atoms with Crippen molar-refractivity contribution in [3.8, 4) is 0 Å². The Hall–Kier alpha value is 0.0200. The average molecular weight is 541 g/mol. The third-order valence-corrected chi connectivity index (χ3v) is 5.78. The van der Waals surface area contributed by atoms with E-state index in [0.29, 0.717) is 6.42 Å². The SMILES string of the molecule is CCCCCCC(O)C/C=C\CCCCCCCC(=O)O.O=C([O-])CC(C(=O)[O-])S(=O)(=O)O.[Na+].[Na+]. The van der Waals surface area contributed by atoms with Gasteiger partial charge in [-0.25, -0.2) is 0 Å². The van der Waals surface area contributed by atoms with Crippen LogP contribution in [-0.4, -0.2) is 52.4 Å². The summed E-state index contributed by atoms with van der Waals surface area (Å²) in [5, 5.41) is 35.6. The number of unbranched alkanes of at least 4 members (excludes halogenated alkanes) is 8. The van der Waals surface area contributed by atoms with Crippen molar-refractivity contribution in [2.75, 3.05) is 0 Å². The van der Waals surface area contributed by atoms with E-state index in [1.165, 1.54) is 25.7 Å². The minimum absolute atomic E-state index is 0. The predicted octanol–water partition coefficient (Wildman–Crippen LogP) is -4.78. The minimum atomic E-state index is -4.94. The minimum Gasteiger partial charge on any atom is -0.550 e. The van der Waals surface area contributed by atoms with Gasteiger partial charge in [-0.3, -0.25) is 9.35 Å². The predicted molar refractivity (Wildman–Crippen MR) is 118 cm³/mol. The third kappa shape index (κ3) is 32.0. The van der Waals surface area contributed by atoms with Gasteiger partial charge < -0.3 is 30.0 Å². The Bertz CT molecular complexity index is 684. The molecule has 0 aromatic rings. The van der Waals surface area contributed by atoms with Crippen LogP contribution in [-0.2, 0) is 24.5 Å². The number of carboxylic acids is 3. The zero-order chi connectivity index (χ0) is 25.7. The van der Waals surface area contributed by atoms with Crippen LogP contribution in [0.15, 0.2) is 12.2 Å². The molecule has 3 N–H and O–H groups in total. The van der Waals surface area contributed by atoms with Gasteiger partial charge in [-0.15, -0.1) is 0 Å². The first kappa shape index (κ1) is 42.1. The maximum atomic E-state index is 10.3. The molecule has 0 saturated carbocycles. The maximum absolute atomic E-state index is 10.3. The van der Waals surface area contributed by atoms with Crippen molar-refractivity contribution in [2.45, 2.75) is 108 Å². The van der Waals surface area contributed by atoms with E-state index in [4.69, 9.17) is 9.66 Å². The molecule has 194 valence electrons. The van der Waals surface area contributed by atoms with E-state index in [9.17, 15) is 38.1 Å². The van der Waals surface area contributed by atoms with E-state index < -0.39 is 39.7 Å². The Kier molecular flexibility index (Phi) is 32.6. The fraction of sp³-hybridized carbons (Fsp3) is 0.773. The Morgan fingerprint density at radius 2 is 1.43 bits per heavy atom. The van der Waals surface area contributed by atoms with Gasteiger partial charge in [0.25, 0.3) is 10.1 Å². The van der Waals surface area contributed by atoms with Gasteiger partial charge in [-0.2, -0.15) is 8.42 Å². The van der Waals surface area contributed by atoms with Crippen LogP contribution in [0, 0.1) is 0 Å². The van der Waals surface area contributed by atoms with E-state index in [-0.39, 0.29) is 65.2 Å². The van der Waals surface area contributed by atoms with Crippen LogP contribution < -0.4 is 69.3 Å². The molecular formula is C22H38Na2O10S. The number of hydrogen-bond acceptors (Lipinski definition) is 8. The number of aliphatic hydroxyl groups excluding tert-OH is 1. The second-order valence-electron chi connectivity index (χ2n) is 7.81. The molecule has 0 amide bonds. The molecule has 0 aromatic carbocycles. The standard InChI is InChI=1S/C18H34O3.C4H6O7S.2Na/c1-2-3-4-11-14-17(19)15-12-9-7-5-6-8-10-13-16-18(20)21;5-3(6)1-2(4(7)8)12(9,10)11;;/h9,12,17,19H,2-8,10-11,13-16H2,1H3,(H,20,21);2H,1H2,(H,5,6)(H,7,8)(H,9,10,11);;/q;;2*+1/p-2/b12-9-;;;. The fourth-order valence-corrected chi connectivity index (χ4v) is 3.42. The molecule has 0 fully saturated rings. The summed E-state index contributed by atoms with van der Waals surface area (Å²) in [6, 6.07) is 0. The normalized spacial score (nSPS) is 12.4. The molecule has 0 aliphatic carbocycles. The Labute approximate surface area is 253 Å². The molecule has 0 saturated heterocycles. The Morgan fingerprint density at radius 1 is 0.886 bits per heavy atom. The summed E-state index contributed by atoms with van der Waals surface area (Å²) in [4.78, 5) is 30.1. The number of allylic oxidation sites excluding steroid dienone is 1. The zero-order valence-corrected chi connectivity index (χ0v) is 26.1. The number of carboxylic acid groups (broad SMARTS) is 3. The second-order valence-corrected chi connectivity index (χ2v) is 9.41. The van der Waals surface area contributed by atoms with E-state index >= 15 is 0 Å². The molecule has 2 unspecified atom stereocenters. The summed E-state index contributed by atoms with van der Waals surface area (Å²) in [5.41, 5.74) is 0. The van der Waals surface area contributed by atoms with E-state index in [1.54, 1.807) is 0 Å². The summed E-state index contributed by atoms with van der Waals surface area (Å²) >= 11 is 0. The summed E-state index contributed by atoms with van der Waals surface area (Å²) in [6.07, 6.45) is 16.0. The molecule has 13 heteroatoms. The van der Waals surface area contributed by atoms with Crippen molar-refractivity contribution in [2.24, 2.45) is 0 Å². The number of carbonyl (C=O) groups is 3. The van der Waals surface area contributed by atoms with E-state index in [2.05, 4.69) is 19.1 Å². The molecule has 0 heterocycles. The van der Waals surface area contributed by atoms with Crippen LogP contribution in [0.3, 0.4) is 0 Å². The molecule has 35 heavy (non-hydrogen) atoms. The summed E-state index contributed by atoms with van der Waals surface area (Å²) in [6.45, 7) is 2.20. The molecule has 0 spiro atoms. The second kappa shape index (κ2) is 27.1. The van der Waals surface area contributed by atoms with Crippen molar-refractivity contribution in [3.63, 3.8) is 0 Å². The number of rotatable bonds is 19. The average Bonchev–Trinajstić information content (AvgIpc) is 2.70. The smallest absolute Gasteiger partial charge is 0.550 e. The van der Waals surface area contributed by atoms with Gasteiger partial charge in [0.15, 0.2) is 0 Å². The largest absolute Gasteiger partial charge is 1.00 e. The zero-order valence-electron chi connectivity index (χ0n) is 21.3. The molecule has 0 aromatic heterocycles. The molecule has 0 aliphatic heterocycles. The van der Waals surface area contributed by atoms with Crippen LogP contribution in [0.4, 0.5) is 0 Å². The van der Waals surface area contributed by atoms with Gasteiger partial charge in [0.1, 0.15) is 5.25 Å². The van der Waals surface area contributed by atoms with Crippen LogP contribution in [0.5, 0.6) is 0 Å². The van der Waals surface area contributed by atoms with Crippen molar-refractivity contribution in [3.05, 3.63) is 12.2 Å². The molecule has 0 radical (unpaired) electrons. The van der Waals surface area contributed by atoms with Gasteiger partial charge in [0, 0.05) is 18.8 Å². The van der Waals surface area contributed by atoms with E-state index in [0.717, 1.165) is 51.4 Å². The van der Waals surface area contributed by atoms with E-state index in [1.807, 2.05) is 0 Å². The van der Waals surface area contributed by atoms with Crippen LogP contribution in [0.2, 0.25) is 0 Å². The summed E-state index contributed by atoms with van der Waals surface area (Å²) in [7, 11) is -4.94. The van der Waals surface area contributed by atoms with Gasteiger partial charge >= 0.3 is 65.1 Å². The number of aliphatic hydroxyl groups is 1. The van der Waals surface area contributed by atoms with Crippen LogP contribution in [0.25, 0.3) is 0 Å². The van der Waals surface area contributed by atoms with Crippen molar-refractivity contribution >= 4 is 28.0 Å². The topological polar surface area (TPSA) is 192 Å². The van der Waals surface area contributed by atoms with Gasteiger partial charge in [-0.1, -0.05) is 64.0 Å². The Balaban J connectivity index is -0.000000296. The quantitative estimate of drug-likeness (QED) is 0.0620. The molecule has 2 atom stereocenters. The summed E-state index contributed by atoms with van der Waals surface area (Å²) in [5.74, 6) is -4.77. The number of carbonyl (C=O) groups excluding carboxylic acids is 2. The Morgan fingerprint density at radius 3 is 1.89 bits per heavy atom. The van der Waals surface area contributed by atoms with Crippen molar-refractivity contribution < 1.29 is 107 Å². The molecular weight excluding hydrogens is 502 g/mol. The first-order chi connectivity index (χ1) is 15.4. The van der Waals surface area contributed by atoms with Gasteiger partial charge in [-0.05, 0) is 32.1 Å². The first-order valence-corrected chi connectivity index (χ1v) is 12.8. The van der Waals surface area contributed by atoms with Crippen molar-refractivity contribution in [1.82, 2.24) is 0 Å². The number of hydrogen-bond donors (Lipinski definition) is 3. The molecule has 0 rings (SSSR count).